The monoisotopic (exact) mass is 269 g/mol. The van der Waals surface area contributed by atoms with E-state index in [9.17, 15) is 8.42 Å². The summed E-state index contributed by atoms with van der Waals surface area (Å²) in [6, 6.07) is 0.176. The first kappa shape index (κ1) is 12.4. The van der Waals surface area contributed by atoms with E-state index in [1.807, 2.05) is 6.92 Å². The number of hydrogen-bond donors (Lipinski definition) is 1. The number of fused-ring (bicyclic) bond motifs is 1. The number of rotatable bonds is 3. The summed E-state index contributed by atoms with van der Waals surface area (Å²) >= 11 is 0. The summed E-state index contributed by atoms with van der Waals surface area (Å²) in [4.78, 5) is 4.93. The minimum Gasteiger partial charge on any atom is -0.290 e. The van der Waals surface area contributed by atoms with Gasteiger partial charge < -0.3 is 0 Å². The summed E-state index contributed by atoms with van der Waals surface area (Å²) in [6.07, 6.45) is 4.03. The van der Waals surface area contributed by atoms with Gasteiger partial charge in [-0.25, -0.2) is 0 Å². The minimum atomic E-state index is -4.00. The molecule has 0 heterocycles. The fourth-order valence-corrected chi connectivity index (χ4v) is 3.94. The lowest BCUT2D eigenvalue weighted by molar-refractivity contribution is 0.429. The molecule has 0 aromatic heterocycles. The van der Waals surface area contributed by atoms with E-state index < -0.39 is 10.1 Å². The Bertz CT molecular complexity index is 526. The van der Waals surface area contributed by atoms with Crippen LogP contribution in [-0.4, -0.2) is 24.7 Å². The highest BCUT2D eigenvalue weighted by molar-refractivity contribution is 7.89. The molecule has 0 spiro atoms. The molecule has 0 radical (unpaired) electrons. The summed E-state index contributed by atoms with van der Waals surface area (Å²) < 4.78 is 31.2. The van der Waals surface area contributed by atoms with Crippen molar-refractivity contribution >= 4 is 15.8 Å². The van der Waals surface area contributed by atoms with Gasteiger partial charge in [-0.2, -0.15) is 8.42 Å². The minimum absolute atomic E-state index is 0.161. The third-order valence-corrected chi connectivity index (χ3v) is 5.62. The van der Waals surface area contributed by atoms with Crippen molar-refractivity contribution in [3.8, 4) is 0 Å². The van der Waals surface area contributed by atoms with Gasteiger partial charge in [-0.3, -0.25) is 9.55 Å². The molecule has 5 atom stereocenters. The van der Waals surface area contributed by atoms with Crippen LogP contribution in [-0.2, 0) is 10.1 Å². The van der Waals surface area contributed by atoms with Crippen LogP contribution in [0.2, 0.25) is 0 Å². The van der Waals surface area contributed by atoms with Crippen LogP contribution >= 0.6 is 0 Å². The van der Waals surface area contributed by atoms with E-state index in [-0.39, 0.29) is 16.9 Å². The van der Waals surface area contributed by atoms with Gasteiger partial charge in [0.1, 0.15) is 0 Å². The average molecular weight is 269 g/mol. The molecule has 3 rings (SSSR count). The number of aliphatic imine (C=N–C) groups is 1. The Morgan fingerprint density at radius 2 is 2.11 bits per heavy atom. The molecule has 2 fully saturated rings. The van der Waals surface area contributed by atoms with E-state index in [1.54, 1.807) is 6.08 Å². The number of allylic oxidation sites excluding steroid dienone is 1. The molecule has 0 amide bonds. The van der Waals surface area contributed by atoms with Gasteiger partial charge in [0.25, 0.3) is 10.1 Å². The smallest absolute Gasteiger partial charge is 0.290 e. The van der Waals surface area contributed by atoms with Crippen LogP contribution in [0.5, 0.6) is 0 Å². The first-order valence-corrected chi connectivity index (χ1v) is 8.02. The predicted molar refractivity (Wildman–Crippen MR) is 70.0 cm³/mol. The lowest BCUT2D eigenvalue weighted by Crippen LogP contribution is -2.24. The third kappa shape index (κ3) is 2.14. The van der Waals surface area contributed by atoms with E-state index in [2.05, 4.69) is 6.92 Å². The van der Waals surface area contributed by atoms with Crippen molar-refractivity contribution in [2.24, 2.45) is 28.7 Å². The maximum atomic E-state index is 11.1. The molecule has 1 N–H and O–H groups in total. The van der Waals surface area contributed by atoms with Crippen LogP contribution in [0.3, 0.4) is 0 Å². The molecular weight excluding hydrogens is 250 g/mol. The van der Waals surface area contributed by atoms with Gasteiger partial charge in [0.2, 0.25) is 0 Å². The molecule has 0 bridgehead atoms. The zero-order chi connectivity index (χ0) is 13.1. The van der Waals surface area contributed by atoms with E-state index in [0.29, 0.717) is 12.8 Å². The lowest BCUT2D eigenvalue weighted by atomic mass is 9.90. The zero-order valence-electron chi connectivity index (χ0n) is 10.7. The molecule has 4 nitrogen and oxygen atoms in total. The van der Waals surface area contributed by atoms with Crippen molar-refractivity contribution in [2.45, 2.75) is 39.2 Å². The summed E-state index contributed by atoms with van der Waals surface area (Å²) in [5.41, 5.74) is 1.25. The van der Waals surface area contributed by atoms with Crippen molar-refractivity contribution in [1.82, 2.24) is 0 Å². The Labute approximate surface area is 108 Å². The quantitative estimate of drug-likeness (QED) is 0.631. The Morgan fingerprint density at radius 1 is 1.44 bits per heavy atom. The topological polar surface area (TPSA) is 66.7 Å². The SMILES string of the molecule is C/C(=N/[C@@H]1CC=C(S(=O)(=O)O)C[C@@H]1C)C1C2C[C@@H]21. The molecule has 18 heavy (non-hydrogen) atoms. The van der Waals surface area contributed by atoms with Gasteiger partial charge in [0.05, 0.1) is 10.9 Å². The summed E-state index contributed by atoms with van der Waals surface area (Å²) in [5.74, 6) is 2.73. The Balaban J connectivity index is 1.70. The summed E-state index contributed by atoms with van der Waals surface area (Å²) in [6.45, 7) is 4.11. The highest BCUT2D eigenvalue weighted by Crippen LogP contribution is 2.68. The second kappa shape index (κ2) is 3.90. The van der Waals surface area contributed by atoms with Crippen LogP contribution in [0.15, 0.2) is 16.0 Å². The fraction of sp³-hybridized carbons (Fsp3) is 0.769. The molecule has 2 unspecified atom stereocenters. The highest BCUT2D eigenvalue weighted by Gasteiger charge is 2.65. The third-order valence-electron chi connectivity index (χ3n) is 4.62. The molecule has 0 aromatic carbocycles. The van der Waals surface area contributed by atoms with E-state index in [0.717, 1.165) is 17.8 Å². The average Bonchev–Trinajstić information content (AvgIpc) is 3.08. The summed E-state index contributed by atoms with van der Waals surface area (Å²) in [7, 11) is -4.00. The van der Waals surface area contributed by atoms with Crippen molar-refractivity contribution in [2.75, 3.05) is 0 Å². The predicted octanol–water partition coefficient (Wildman–Crippen LogP) is 2.28. The van der Waals surface area contributed by atoms with Gasteiger partial charge in [-0.15, -0.1) is 0 Å². The van der Waals surface area contributed by atoms with Crippen molar-refractivity contribution in [3.63, 3.8) is 0 Å². The molecule has 5 heteroatoms. The fourth-order valence-electron chi connectivity index (χ4n) is 3.16. The molecule has 100 valence electrons. The maximum Gasteiger partial charge on any atom is 0.290 e. The maximum absolute atomic E-state index is 11.1. The van der Waals surface area contributed by atoms with Crippen LogP contribution in [0.25, 0.3) is 0 Å². The van der Waals surface area contributed by atoms with Gasteiger partial charge >= 0.3 is 0 Å². The number of hydrogen-bond acceptors (Lipinski definition) is 3. The Kier molecular flexibility index (Phi) is 2.68. The van der Waals surface area contributed by atoms with Gasteiger partial charge in [-0.05, 0) is 43.9 Å². The molecule has 0 aromatic rings. The highest BCUT2D eigenvalue weighted by atomic mass is 32.2. The first-order valence-electron chi connectivity index (χ1n) is 6.58. The van der Waals surface area contributed by atoms with Gasteiger partial charge in [0, 0.05) is 11.6 Å². The Morgan fingerprint density at radius 3 is 2.56 bits per heavy atom. The summed E-state index contributed by atoms with van der Waals surface area (Å²) in [5, 5.41) is 0. The van der Waals surface area contributed by atoms with Crippen LogP contribution in [0.1, 0.15) is 33.1 Å². The second-order valence-corrected chi connectivity index (χ2v) is 7.46. The molecule has 2 saturated carbocycles. The van der Waals surface area contributed by atoms with E-state index in [1.165, 1.54) is 12.1 Å². The van der Waals surface area contributed by atoms with Crippen molar-refractivity contribution in [3.05, 3.63) is 11.0 Å². The van der Waals surface area contributed by atoms with Gasteiger partial charge in [-0.1, -0.05) is 13.0 Å². The van der Waals surface area contributed by atoms with Crippen molar-refractivity contribution < 1.29 is 13.0 Å². The molecular formula is C13H19NO3S. The molecule has 0 aliphatic heterocycles. The van der Waals surface area contributed by atoms with Gasteiger partial charge in [0.15, 0.2) is 0 Å². The normalized spacial score (nSPS) is 43.2. The lowest BCUT2D eigenvalue weighted by Gasteiger charge is -2.25. The largest absolute Gasteiger partial charge is 0.290 e. The van der Waals surface area contributed by atoms with Crippen molar-refractivity contribution in [1.29, 1.82) is 0 Å². The second-order valence-electron chi connectivity index (χ2n) is 5.99. The van der Waals surface area contributed by atoms with E-state index >= 15 is 0 Å². The standard InChI is InChI=1S/C13H19NO3S/c1-7-5-9(18(15,16)17)3-4-12(7)14-8(2)13-10-6-11(10)13/h3,7,10-13H,4-6H2,1-2H3,(H,15,16,17)/b14-8-/t7-,10-,11?,12+,13?/m0/s1. The van der Waals surface area contributed by atoms with Crippen LogP contribution < -0.4 is 0 Å². The molecule has 3 aliphatic rings. The molecule has 0 saturated heterocycles. The number of nitrogens with zero attached hydrogens (tertiary/aromatic N) is 1. The Hall–Kier alpha value is -0.680. The zero-order valence-corrected chi connectivity index (χ0v) is 11.5. The van der Waals surface area contributed by atoms with Crippen LogP contribution in [0.4, 0.5) is 0 Å². The van der Waals surface area contributed by atoms with E-state index in [4.69, 9.17) is 9.55 Å². The van der Waals surface area contributed by atoms with Crippen LogP contribution in [0, 0.1) is 23.7 Å². The first-order chi connectivity index (χ1) is 8.38. The molecule has 3 aliphatic carbocycles.